The first-order valence-electron chi connectivity index (χ1n) is 25.5. The Hall–Kier alpha value is -1.27. The van der Waals surface area contributed by atoms with Crippen molar-refractivity contribution in [1.82, 2.24) is 5.32 Å². The highest BCUT2D eigenvalue weighted by atomic mass is 32.2. The van der Waals surface area contributed by atoms with Gasteiger partial charge in [0.15, 0.2) is 0 Å². The Morgan fingerprint density at radius 3 is 1.89 bits per heavy atom. The number of hydrogen-bond donors (Lipinski definition) is 5. The highest BCUT2D eigenvalue weighted by Gasteiger charge is 2.69. The minimum Gasteiger partial charge on any atom is -0.462 e. The number of carbonyl (C=O) groups is 2. The van der Waals surface area contributed by atoms with Gasteiger partial charge in [-0.2, -0.15) is 8.42 Å². The molecule has 0 aromatic rings. The maximum atomic E-state index is 14.4. The Morgan fingerprint density at radius 2 is 1.21 bits per heavy atom. The Balaban J connectivity index is 0.937. The lowest BCUT2D eigenvalue weighted by Crippen LogP contribution is -2.65. The van der Waals surface area contributed by atoms with E-state index in [1.807, 2.05) is 0 Å². The molecule has 10 nitrogen and oxygen atoms in total. The van der Waals surface area contributed by atoms with Gasteiger partial charge in [0.1, 0.15) is 6.10 Å². The second kappa shape index (κ2) is 17.1. The topological polar surface area (TPSA) is 170 Å². The van der Waals surface area contributed by atoms with Gasteiger partial charge in [-0.1, -0.05) is 48.5 Å². The molecule has 8 fully saturated rings. The smallest absolute Gasteiger partial charge is 0.306 e. The molecule has 5 N–H and O–H groups in total. The molecule has 8 rings (SSSR count). The molecule has 354 valence electrons. The standard InChI is InChI=1S/C51H85NO9S/c1-30(8-14-44(56)52-24-25-62(58,59)60)37-12-13-41-50(37,6)23-19-42-48(4)21-17-35(54)27-33(48)29-43(51(41,42)7)61-45(57)15-9-31(2)36-10-11-38-46-39(18-22-49(36,38)5)47(3)20-16-34(53)26-32(47)28-40(46)55/h30-43,46,53-55H,8-29H2,1-7H3,(H,52,56)(H,58,59,60)/t30-,31-,32?,33?,34-,35-,36-,37-,38?,39+,40+,41?,42-,43+,46+,47+,48+,49-,50-,51+/m1/s1. The highest BCUT2D eigenvalue weighted by molar-refractivity contribution is 7.85. The van der Waals surface area contributed by atoms with Gasteiger partial charge >= 0.3 is 5.97 Å². The summed E-state index contributed by atoms with van der Waals surface area (Å²) in [6, 6.07) is 0. The van der Waals surface area contributed by atoms with Crippen LogP contribution in [0.15, 0.2) is 0 Å². The van der Waals surface area contributed by atoms with Gasteiger partial charge in [0, 0.05) is 24.8 Å². The van der Waals surface area contributed by atoms with Crippen LogP contribution in [0.2, 0.25) is 0 Å². The van der Waals surface area contributed by atoms with Gasteiger partial charge in [-0.25, -0.2) is 0 Å². The molecule has 0 spiro atoms. The highest BCUT2D eigenvalue weighted by Crippen LogP contribution is 2.74. The van der Waals surface area contributed by atoms with Crippen molar-refractivity contribution in [1.29, 1.82) is 0 Å². The first kappa shape index (κ1) is 47.2. The molecule has 0 aromatic carbocycles. The molecule has 1 amide bonds. The van der Waals surface area contributed by atoms with Gasteiger partial charge in [-0.05, 0) is 202 Å². The van der Waals surface area contributed by atoms with Gasteiger partial charge in [0.2, 0.25) is 5.91 Å². The van der Waals surface area contributed by atoms with E-state index in [9.17, 15) is 33.3 Å². The fraction of sp³-hybridized carbons (Fsp3) is 0.961. The molecular weight excluding hydrogens is 803 g/mol. The van der Waals surface area contributed by atoms with Crippen molar-refractivity contribution in [3.8, 4) is 0 Å². The maximum Gasteiger partial charge on any atom is 0.306 e. The largest absolute Gasteiger partial charge is 0.462 e. The molecule has 0 aromatic heterocycles. The number of aliphatic hydroxyl groups excluding tert-OH is 3. The Kier molecular flexibility index (Phi) is 13.0. The van der Waals surface area contributed by atoms with E-state index in [1.54, 1.807) is 0 Å². The second-order valence-corrected chi connectivity index (χ2v) is 26.2. The molecule has 0 saturated heterocycles. The summed E-state index contributed by atoms with van der Waals surface area (Å²) in [6.07, 6.45) is 17.3. The van der Waals surface area contributed by atoms with E-state index in [4.69, 9.17) is 9.29 Å². The SMILES string of the molecule is C[C@H](CCC(=O)O[C@H]1CC2C[C@H](O)CC[C@]2(C)[C@H]2CC[C@@]3(C)C(CC[C@@H]3[C@H](C)CCC(=O)NCCS(=O)(=O)O)[C@]12C)[C@H]1CCC2[C@@H]3[C@@H](O)CC4C[C@H](O)CC[C@]4(C)[C@H]3CC[C@@]21C. The molecule has 8 aliphatic carbocycles. The lowest BCUT2D eigenvalue weighted by Gasteiger charge is -2.67. The molecule has 20 atom stereocenters. The van der Waals surface area contributed by atoms with E-state index in [0.717, 1.165) is 103 Å². The molecular formula is C51H85NO9S. The van der Waals surface area contributed by atoms with E-state index < -0.39 is 15.9 Å². The maximum absolute atomic E-state index is 14.4. The first-order valence-corrected chi connectivity index (χ1v) is 27.1. The summed E-state index contributed by atoms with van der Waals surface area (Å²) in [5.41, 5.74) is 0.310. The zero-order valence-corrected chi connectivity index (χ0v) is 40.3. The number of esters is 1. The fourth-order valence-electron chi connectivity index (χ4n) is 18.9. The molecule has 0 radical (unpaired) electrons. The molecule has 4 unspecified atom stereocenters. The zero-order valence-electron chi connectivity index (χ0n) is 39.5. The number of nitrogens with one attached hydrogen (secondary N) is 1. The summed E-state index contributed by atoms with van der Waals surface area (Å²) >= 11 is 0. The fourth-order valence-corrected chi connectivity index (χ4v) is 19.3. The van der Waals surface area contributed by atoms with Crippen molar-refractivity contribution >= 4 is 22.0 Å². The predicted molar refractivity (Wildman–Crippen MR) is 240 cm³/mol. The van der Waals surface area contributed by atoms with E-state index in [-0.39, 0.29) is 69.9 Å². The van der Waals surface area contributed by atoms with Gasteiger partial charge in [0.25, 0.3) is 10.1 Å². The van der Waals surface area contributed by atoms with Crippen LogP contribution in [0, 0.1) is 92.2 Å². The molecule has 62 heavy (non-hydrogen) atoms. The molecule has 8 saturated carbocycles. The number of fused-ring (bicyclic) bond motifs is 10. The summed E-state index contributed by atoms with van der Waals surface area (Å²) in [6.45, 7) is 17.0. The van der Waals surface area contributed by atoms with Crippen molar-refractivity contribution in [2.75, 3.05) is 12.3 Å². The van der Waals surface area contributed by atoms with E-state index in [0.29, 0.717) is 84.4 Å². The van der Waals surface area contributed by atoms with Crippen molar-refractivity contribution in [2.45, 2.75) is 201 Å². The van der Waals surface area contributed by atoms with Crippen LogP contribution >= 0.6 is 0 Å². The van der Waals surface area contributed by atoms with Crippen LogP contribution in [0.3, 0.4) is 0 Å². The van der Waals surface area contributed by atoms with Crippen LogP contribution in [-0.4, -0.2) is 76.9 Å². The third-order valence-corrected chi connectivity index (χ3v) is 22.8. The van der Waals surface area contributed by atoms with Crippen molar-refractivity contribution in [2.24, 2.45) is 92.2 Å². The van der Waals surface area contributed by atoms with Gasteiger partial charge in [-0.15, -0.1) is 0 Å². The van der Waals surface area contributed by atoms with Crippen LogP contribution in [-0.2, 0) is 24.4 Å². The van der Waals surface area contributed by atoms with Crippen molar-refractivity contribution in [3.05, 3.63) is 0 Å². The normalized spacial score (nSPS) is 49.5. The number of ether oxygens (including phenoxy) is 1. The summed E-state index contributed by atoms with van der Waals surface area (Å²) in [7, 11) is -4.13. The van der Waals surface area contributed by atoms with E-state index in [1.165, 1.54) is 6.42 Å². The summed E-state index contributed by atoms with van der Waals surface area (Å²) in [5.74, 6) is 3.76. The third kappa shape index (κ3) is 8.07. The van der Waals surface area contributed by atoms with Crippen LogP contribution in [0.1, 0.15) is 177 Å². The Bertz CT molecular complexity index is 1780. The molecule has 0 aliphatic heterocycles. The lowest BCUT2D eigenvalue weighted by atomic mass is 9.38. The summed E-state index contributed by atoms with van der Waals surface area (Å²) in [4.78, 5) is 27.0. The van der Waals surface area contributed by atoms with Crippen LogP contribution < -0.4 is 5.32 Å². The van der Waals surface area contributed by atoms with Crippen molar-refractivity contribution in [3.63, 3.8) is 0 Å². The van der Waals surface area contributed by atoms with Gasteiger partial charge in [-0.3, -0.25) is 14.1 Å². The minimum atomic E-state index is -4.13. The first-order chi connectivity index (χ1) is 29.0. The number of hydrogen-bond acceptors (Lipinski definition) is 8. The quantitative estimate of drug-likeness (QED) is 0.0950. The van der Waals surface area contributed by atoms with E-state index >= 15 is 0 Å². The Morgan fingerprint density at radius 1 is 0.661 bits per heavy atom. The number of aliphatic hydroxyl groups is 3. The monoisotopic (exact) mass is 888 g/mol. The lowest BCUT2D eigenvalue weighted by molar-refractivity contribution is -0.235. The number of amides is 1. The average molecular weight is 888 g/mol. The van der Waals surface area contributed by atoms with Gasteiger partial charge < -0.3 is 25.4 Å². The van der Waals surface area contributed by atoms with E-state index in [2.05, 4.69) is 53.8 Å². The average Bonchev–Trinajstić information content (AvgIpc) is 3.74. The second-order valence-electron chi connectivity index (χ2n) is 24.7. The number of rotatable bonds is 12. The zero-order chi connectivity index (χ0) is 44.8. The van der Waals surface area contributed by atoms with Crippen LogP contribution in [0.4, 0.5) is 0 Å². The molecule has 0 heterocycles. The summed E-state index contributed by atoms with van der Waals surface area (Å²) in [5, 5.41) is 35.9. The number of carbonyl (C=O) groups excluding carboxylic acids is 2. The van der Waals surface area contributed by atoms with Crippen LogP contribution in [0.25, 0.3) is 0 Å². The Labute approximate surface area is 374 Å². The summed E-state index contributed by atoms with van der Waals surface area (Å²) < 4.78 is 38.3. The van der Waals surface area contributed by atoms with Crippen molar-refractivity contribution < 1.29 is 42.6 Å². The molecule has 8 aliphatic rings. The predicted octanol–water partition coefficient (Wildman–Crippen LogP) is 8.75. The molecule has 11 heteroatoms. The third-order valence-electron chi connectivity index (χ3n) is 22.1. The van der Waals surface area contributed by atoms with Gasteiger partial charge in [0.05, 0.1) is 24.1 Å². The minimum absolute atomic E-state index is 0.0403. The molecule has 0 bridgehead atoms. The van der Waals surface area contributed by atoms with Crippen LogP contribution in [0.5, 0.6) is 0 Å².